The highest BCUT2D eigenvalue weighted by Crippen LogP contribution is 2.20. The zero-order valence-electron chi connectivity index (χ0n) is 10.3. The fourth-order valence-electron chi connectivity index (χ4n) is 2.45. The zero-order valence-corrected chi connectivity index (χ0v) is 12.4. The lowest BCUT2D eigenvalue weighted by Gasteiger charge is -2.32. The Balaban J connectivity index is 1.97. The summed E-state index contributed by atoms with van der Waals surface area (Å²) in [4.78, 5) is 0. The van der Waals surface area contributed by atoms with E-state index in [0.717, 1.165) is 32.6 Å². The predicted octanol–water partition coefficient (Wildman–Crippen LogP) is 2.85. The Morgan fingerprint density at radius 3 is 2.82 bits per heavy atom. The molecule has 1 aliphatic rings. The second kappa shape index (κ2) is 6.71. The maximum absolute atomic E-state index is 5.61. The fraction of sp³-hybridized carbons (Fsp3) is 0.571. The first kappa shape index (κ1) is 13.3. The van der Waals surface area contributed by atoms with Crippen molar-refractivity contribution in [3.63, 3.8) is 0 Å². The van der Waals surface area contributed by atoms with E-state index in [1.165, 1.54) is 9.13 Å². The normalized spacial score (nSPS) is 24.8. The van der Waals surface area contributed by atoms with Gasteiger partial charge in [-0.3, -0.25) is 0 Å². The molecule has 94 valence electrons. The Morgan fingerprint density at radius 2 is 2.12 bits per heavy atom. The molecular weight excluding hydrogens is 325 g/mol. The van der Waals surface area contributed by atoms with Gasteiger partial charge >= 0.3 is 0 Å². The van der Waals surface area contributed by atoms with E-state index < -0.39 is 0 Å². The lowest BCUT2D eigenvalue weighted by molar-refractivity contribution is 0.0327. The second-order valence-corrected chi connectivity index (χ2v) is 5.86. The van der Waals surface area contributed by atoms with Crippen LogP contribution in [0.15, 0.2) is 24.3 Å². The van der Waals surface area contributed by atoms with Crippen LogP contribution in [0.5, 0.6) is 0 Å². The molecule has 1 aromatic rings. The van der Waals surface area contributed by atoms with Gasteiger partial charge < -0.3 is 10.1 Å². The first-order valence-corrected chi connectivity index (χ1v) is 7.43. The summed E-state index contributed by atoms with van der Waals surface area (Å²) >= 11 is 2.35. The van der Waals surface area contributed by atoms with E-state index >= 15 is 0 Å². The van der Waals surface area contributed by atoms with Crippen LogP contribution in [0.1, 0.15) is 18.9 Å². The molecule has 2 rings (SSSR count). The van der Waals surface area contributed by atoms with E-state index in [4.69, 9.17) is 4.74 Å². The van der Waals surface area contributed by atoms with Gasteiger partial charge in [0.2, 0.25) is 0 Å². The van der Waals surface area contributed by atoms with Gasteiger partial charge in [-0.05, 0) is 59.7 Å². The SMILES string of the molecule is CCNC1CCOCC1Cc1ccc(I)cc1. The van der Waals surface area contributed by atoms with E-state index in [1.54, 1.807) is 0 Å². The molecular formula is C14H20INO. The van der Waals surface area contributed by atoms with Crippen molar-refractivity contribution in [2.45, 2.75) is 25.8 Å². The van der Waals surface area contributed by atoms with Crippen molar-refractivity contribution in [1.82, 2.24) is 5.32 Å². The molecule has 0 saturated carbocycles. The molecule has 1 fully saturated rings. The molecule has 1 saturated heterocycles. The third-order valence-corrected chi connectivity index (χ3v) is 4.07. The minimum Gasteiger partial charge on any atom is -0.381 e. The zero-order chi connectivity index (χ0) is 12.1. The minimum absolute atomic E-state index is 0.615. The monoisotopic (exact) mass is 345 g/mol. The number of halogens is 1. The van der Waals surface area contributed by atoms with E-state index in [0.29, 0.717) is 12.0 Å². The molecule has 17 heavy (non-hydrogen) atoms. The highest BCUT2D eigenvalue weighted by molar-refractivity contribution is 14.1. The molecule has 1 heterocycles. The van der Waals surface area contributed by atoms with Crippen LogP contribution < -0.4 is 5.32 Å². The van der Waals surface area contributed by atoms with Crippen LogP contribution in [-0.2, 0) is 11.2 Å². The van der Waals surface area contributed by atoms with Crippen LogP contribution in [0, 0.1) is 9.49 Å². The Bertz CT molecular complexity index is 337. The number of hydrogen-bond donors (Lipinski definition) is 1. The predicted molar refractivity (Wildman–Crippen MR) is 79.3 cm³/mol. The summed E-state index contributed by atoms with van der Waals surface area (Å²) in [6, 6.07) is 9.45. The highest BCUT2D eigenvalue weighted by Gasteiger charge is 2.24. The third kappa shape index (κ3) is 3.93. The van der Waals surface area contributed by atoms with Gasteiger partial charge in [0.25, 0.3) is 0 Å². The van der Waals surface area contributed by atoms with Crippen LogP contribution in [0.2, 0.25) is 0 Å². The molecule has 2 nitrogen and oxygen atoms in total. The number of nitrogens with one attached hydrogen (secondary N) is 1. The Morgan fingerprint density at radius 1 is 1.35 bits per heavy atom. The van der Waals surface area contributed by atoms with Crippen molar-refractivity contribution < 1.29 is 4.74 Å². The molecule has 1 aliphatic heterocycles. The fourth-order valence-corrected chi connectivity index (χ4v) is 2.81. The molecule has 0 spiro atoms. The van der Waals surface area contributed by atoms with Gasteiger partial charge in [-0.25, -0.2) is 0 Å². The summed E-state index contributed by atoms with van der Waals surface area (Å²) in [5, 5.41) is 3.58. The largest absolute Gasteiger partial charge is 0.381 e. The van der Waals surface area contributed by atoms with Gasteiger partial charge in [0.05, 0.1) is 6.61 Å². The van der Waals surface area contributed by atoms with Crippen molar-refractivity contribution in [3.8, 4) is 0 Å². The van der Waals surface area contributed by atoms with E-state index in [1.807, 2.05) is 0 Å². The molecule has 3 heteroatoms. The van der Waals surface area contributed by atoms with Crippen molar-refractivity contribution in [1.29, 1.82) is 0 Å². The second-order valence-electron chi connectivity index (χ2n) is 4.62. The Labute approximate surface area is 117 Å². The van der Waals surface area contributed by atoms with Gasteiger partial charge in [0, 0.05) is 22.1 Å². The first-order valence-electron chi connectivity index (χ1n) is 6.35. The summed E-state index contributed by atoms with van der Waals surface area (Å²) in [6.07, 6.45) is 2.26. The van der Waals surface area contributed by atoms with Crippen molar-refractivity contribution in [2.24, 2.45) is 5.92 Å². The topological polar surface area (TPSA) is 21.3 Å². The molecule has 2 unspecified atom stereocenters. The summed E-state index contributed by atoms with van der Waals surface area (Å²) < 4.78 is 6.91. The van der Waals surface area contributed by atoms with E-state index in [-0.39, 0.29) is 0 Å². The molecule has 0 aromatic heterocycles. The molecule has 0 radical (unpaired) electrons. The van der Waals surface area contributed by atoms with Gasteiger partial charge in [-0.15, -0.1) is 0 Å². The average molecular weight is 345 g/mol. The van der Waals surface area contributed by atoms with Crippen LogP contribution in [0.25, 0.3) is 0 Å². The van der Waals surface area contributed by atoms with E-state index in [2.05, 4.69) is 59.1 Å². The molecule has 0 amide bonds. The van der Waals surface area contributed by atoms with Gasteiger partial charge in [0.1, 0.15) is 0 Å². The van der Waals surface area contributed by atoms with Crippen molar-refractivity contribution in [3.05, 3.63) is 33.4 Å². The molecule has 2 atom stereocenters. The van der Waals surface area contributed by atoms with E-state index in [9.17, 15) is 0 Å². The van der Waals surface area contributed by atoms with Crippen molar-refractivity contribution in [2.75, 3.05) is 19.8 Å². The van der Waals surface area contributed by atoms with Gasteiger partial charge in [-0.1, -0.05) is 19.1 Å². The van der Waals surface area contributed by atoms with Gasteiger partial charge in [0.15, 0.2) is 0 Å². The summed E-state index contributed by atoms with van der Waals surface area (Å²) in [5.74, 6) is 0.615. The maximum Gasteiger partial charge on any atom is 0.0512 e. The van der Waals surface area contributed by atoms with Crippen LogP contribution in [0.4, 0.5) is 0 Å². The first-order chi connectivity index (χ1) is 8.29. The summed E-state index contributed by atoms with van der Waals surface area (Å²) in [5.41, 5.74) is 1.42. The van der Waals surface area contributed by atoms with Crippen molar-refractivity contribution >= 4 is 22.6 Å². The molecule has 0 aliphatic carbocycles. The quantitative estimate of drug-likeness (QED) is 0.848. The highest BCUT2D eigenvalue weighted by atomic mass is 127. The average Bonchev–Trinajstić information content (AvgIpc) is 2.35. The smallest absolute Gasteiger partial charge is 0.0512 e. The lowest BCUT2D eigenvalue weighted by Crippen LogP contribution is -2.43. The van der Waals surface area contributed by atoms with Crippen LogP contribution in [0.3, 0.4) is 0 Å². The lowest BCUT2D eigenvalue weighted by atomic mass is 9.89. The number of ether oxygens (including phenoxy) is 1. The number of rotatable bonds is 4. The minimum atomic E-state index is 0.615. The van der Waals surface area contributed by atoms with Crippen LogP contribution >= 0.6 is 22.6 Å². The number of hydrogen-bond acceptors (Lipinski definition) is 2. The Hall–Kier alpha value is -0.130. The molecule has 0 bridgehead atoms. The Kier molecular flexibility index (Phi) is 5.25. The standard InChI is InChI=1S/C14H20INO/c1-2-16-14-7-8-17-10-12(14)9-11-3-5-13(15)6-4-11/h3-6,12,14,16H,2,7-10H2,1H3. The third-order valence-electron chi connectivity index (χ3n) is 3.35. The number of benzene rings is 1. The van der Waals surface area contributed by atoms with Gasteiger partial charge in [-0.2, -0.15) is 0 Å². The summed E-state index contributed by atoms with van der Waals surface area (Å²) in [6.45, 7) is 5.02. The molecule has 1 N–H and O–H groups in total. The maximum atomic E-state index is 5.61. The van der Waals surface area contributed by atoms with Crippen LogP contribution in [-0.4, -0.2) is 25.8 Å². The molecule has 1 aromatic carbocycles. The summed E-state index contributed by atoms with van der Waals surface area (Å²) in [7, 11) is 0.